The molecule has 0 aromatic rings. The van der Waals surface area contributed by atoms with E-state index in [1.807, 2.05) is 0 Å². The summed E-state index contributed by atoms with van der Waals surface area (Å²) in [6, 6.07) is 0. The van der Waals surface area contributed by atoms with E-state index in [1.54, 1.807) is 0 Å². The third-order valence-electron chi connectivity index (χ3n) is 0. The van der Waals surface area contributed by atoms with Gasteiger partial charge < -0.3 is 0 Å². The number of hydrogen-bond acceptors (Lipinski definition) is 0. The van der Waals surface area contributed by atoms with E-state index in [4.69, 9.17) is 0 Å². The predicted octanol–water partition coefficient (Wildman–Crippen LogP) is -3.81. The maximum absolute atomic E-state index is 0. The molecular weight excluding hydrogens is 271 g/mol. The Hall–Kier alpha value is 5.01. The van der Waals surface area contributed by atoms with E-state index < -0.39 is 0 Å². The van der Waals surface area contributed by atoms with Crippen LogP contribution in [0.1, 0.15) is 0 Å². The molecule has 0 bridgehead atoms. The first kappa shape index (κ1) is 117. The Kier molecular flexibility index (Phi) is 1110. The summed E-state index contributed by atoms with van der Waals surface area (Å²) in [4.78, 5) is 0. The maximum atomic E-state index is 0. The van der Waals surface area contributed by atoms with Crippen molar-refractivity contribution in [1.82, 2.24) is 0 Å². The van der Waals surface area contributed by atoms with Crippen LogP contribution in [-0.4, -0.2) is 167 Å². The van der Waals surface area contributed by atoms with E-state index in [2.05, 4.69) is 0 Å². The zero-order valence-electron chi connectivity index (χ0n) is 5.70. The lowest BCUT2D eigenvalue weighted by Crippen LogP contribution is -0.382. The first-order valence-electron chi connectivity index (χ1n) is 0. The summed E-state index contributed by atoms with van der Waals surface area (Å²) in [6.45, 7) is 0. The van der Waals surface area contributed by atoms with Crippen molar-refractivity contribution in [2.45, 2.75) is 0 Å². The van der Waals surface area contributed by atoms with Gasteiger partial charge in [0.15, 0.2) is 0 Å². The van der Waals surface area contributed by atoms with Gasteiger partial charge in [0.2, 0.25) is 0 Å². The molecule has 0 atom stereocenters. The largest absolute Gasteiger partial charge is 0 e. The molecule has 0 spiro atoms. The van der Waals surface area contributed by atoms with Gasteiger partial charge in [-0.05, 0) is 0 Å². The van der Waals surface area contributed by atoms with Crippen LogP contribution in [0.4, 0.5) is 0 Å². The van der Waals surface area contributed by atoms with Crippen molar-refractivity contribution >= 4 is 167 Å². The standard InChI is InChI=1S/9Al.Si. The zero-order valence-corrected chi connectivity index (χ0v) is 17.1. The second-order valence-electron chi connectivity index (χ2n) is 0. The van der Waals surface area contributed by atoms with Gasteiger partial charge in [0.1, 0.15) is 0 Å². The second kappa shape index (κ2) is 94.5. The van der Waals surface area contributed by atoms with Crippen molar-refractivity contribution in [1.29, 1.82) is 0 Å². The Labute approximate surface area is 164 Å². The highest BCUT2D eigenvalue weighted by molar-refractivity contribution is 5.76. The lowest BCUT2D eigenvalue weighted by Gasteiger charge is -0.00100. The van der Waals surface area contributed by atoms with Gasteiger partial charge in [0.05, 0.1) is 0 Å². The smallest absolute Gasteiger partial charge is 0 e. The Balaban J connectivity index is 0. The molecule has 0 nitrogen and oxygen atoms in total. The molecule has 0 aromatic carbocycles. The molecule has 10 heteroatoms. The van der Waals surface area contributed by atoms with Gasteiger partial charge in [-0.2, -0.15) is 0 Å². The minimum atomic E-state index is 0. The quantitative estimate of drug-likeness (QED) is 0.396. The summed E-state index contributed by atoms with van der Waals surface area (Å²) in [6.07, 6.45) is 0. The van der Waals surface area contributed by atoms with Crippen LogP contribution in [0, 0.1) is 0 Å². The zero-order chi connectivity index (χ0) is 0. The van der Waals surface area contributed by atoms with Gasteiger partial charge in [-0.25, -0.2) is 0 Å². The molecule has 0 aliphatic rings. The molecule has 0 saturated heterocycles. The summed E-state index contributed by atoms with van der Waals surface area (Å²) in [5, 5.41) is 0. The fraction of sp³-hybridized carbons (Fsp3) is 0. The van der Waals surface area contributed by atoms with Gasteiger partial charge in [-0.1, -0.05) is 0 Å². The van der Waals surface area contributed by atoms with Crippen LogP contribution in [0.25, 0.3) is 0 Å². The molecule has 0 rings (SSSR count). The van der Waals surface area contributed by atoms with Crippen molar-refractivity contribution in [2.24, 2.45) is 0 Å². The first-order valence-corrected chi connectivity index (χ1v) is 0. The van der Waals surface area contributed by atoms with Gasteiger partial charge in [0.25, 0.3) is 0 Å². The summed E-state index contributed by atoms with van der Waals surface area (Å²) < 4.78 is 0. The summed E-state index contributed by atoms with van der Waals surface area (Å²) in [7, 11) is 0. The Bertz CT molecular complexity index is 4.69. The Morgan fingerprint density at radius 3 is 0.200 bits per heavy atom. The third-order valence-corrected chi connectivity index (χ3v) is 0. The van der Waals surface area contributed by atoms with Crippen LogP contribution < -0.4 is 0 Å². The summed E-state index contributed by atoms with van der Waals surface area (Å²) >= 11 is 0. The molecule has 0 aliphatic heterocycles. The highest BCUT2D eigenvalue weighted by atomic mass is 28.1. The predicted molar refractivity (Wildman–Crippen MR) is 57.5 cm³/mol. The van der Waals surface area contributed by atoms with E-state index >= 15 is 0 Å². The van der Waals surface area contributed by atoms with E-state index in [0.717, 1.165) is 0 Å². The third kappa shape index (κ3) is 74.8. The molecule has 0 amide bonds. The molecule has 0 aromatic heterocycles. The summed E-state index contributed by atoms with van der Waals surface area (Å²) in [5.41, 5.74) is 0. The van der Waals surface area contributed by atoms with Crippen LogP contribution in [0.15, 0.2) is 0 Å². The van der Waals surface area contributed by atoms with Crippen LogP contribution >= 0.6 is 0 Å². The fourth-order valence-electron chi connectivity index (χ4n) is 0. The molecule has 31 valence electrons. The molecular formula is Al9Si. The Morgan fingerprint density at radius 1 is 0.200 bits per heavy atom. The normalized spacial score (nSPS) is 0. The number of rotatable bonds is 0. The molecule has 0 unspecified atom stereocenters. The molecule has 0 aliphatic carbocycles. The van der Waals surface area contributed by atoms with Crippen LogP contribution in [0.2, 0.25) is 0 Å². The van der Waals surface area contributed by atoms with Crippen molar-refractivity contribution in [2.75, 3.05) is 0 Å². The number of hydrogen-bond donors (Lipinski definition) is 0. The minimum absolute atomic E-state index is 0. The first-order chi connectivity index (χ1) is 0. The maximum Gasteiger partial charge on any atom is 0 e. The molecule has 0 fully saturated rings. The fourth-order valence-corrected chi connectivity index (χ4v) is 0. The Morgan fingerprint density at radius 2 is 0.200 bits per heavy atom. The van der Waals surface area contributed by atoms with Crippen molar-refractivity contribution in [3.05, 3.63) is 0 Å². The SMILES string of the molecule is [Al].[Al].[Al].[Al].[Al].[Al].[Al].[Al].[Al].[Si]. The lowest BCUT2D eigenvalue weighted by molar-refractivity contribution is 5.75. The van der Waals surface area contributed by atoms with E-state index in [0.29, 0.717) is 0 Å². The van der Waals surface area contributed by atoms with Gasteiger partial charge in [0, 0.05) is 167 Å². The second-order valence-corrected chi connectivity index (χ2v) is 0. The highest BCUT2D eigenvalue weighted by Gasteiger charge is 0.00900. The highest BCUT2D eigenvalue weighted by Crippen LogP contribution is -0.372. The minimum Gasteiger partial charge on any atom is 0 e. The van der Waals surface area contributed by atoms with Crippen LogP contribution in [0.5, 0.6) is 0 Å². The van der Waals surface area contributed by atoms with Crippen LogP contribution in [0.3, 0.4) is 0 Å². The topological polar surface area (TPSA) is 0 Å². The van der Waals surface area contributed by atoms with E-state index in [9.17, 15) is 0 Å². The van der Waals surface area contributed by atoms with Crippen molar-refractivity contribution < 1.29 is 0 Å². The lowest BCUT2D eigenvalue weighted by atomic mass is 27.0. The molecule has 10 heavy (non-hydrogen) atoms. The monoisotopic (exact) mass is 271 g/mol. The van der Waals surface area contributed by atoms with Gasteiger partial charge in [-0.3, -0.25) is 0 Å². The van der Waals surface area contributed by atoms with E-state index in [-0.39, 0.29) is 167 Å². The molecule has 0 heterocycles. The van der Waals surface area contributed by atoms with Crippen molar-refractivity contribution in [3.63, 3.8) is 0 Å². The van der Waals surface area contributed by atoms with E-state index in [1.165, 1.54) is 0 Å². The van der Waals surface area contributed by atoms with Crippen LogP contribution in [-0.2, 0) is 0 Å². The average molecular weight is 271 g/mol. The molecule has 0 N–H and O–H groups in total. The van der Waals surface area contributed by atoms with Crippen molar-refractivity contribution in [3.8, 4) is 0 Å². The van der Waals surface area contributed by atoms with Gasteiger partial charge >= 0.3 is 0 Å². The summed E-state index contributed by atoms with van der Waals surface area (Å²) in [5.74, 6) is 0. The average Bonchev–Trinajstić information content (AvgIpc) is 0. The molecule has 31 radical (unpaired) electrons. The van der Waals surface area contributed by atoms with Gasteiger partial charge in [-0.15, -0.1) is 0 Å². The molecule has 0 saturated carbocycles.